The molecule has 80 valence electrons. The van der Waals surface area contributed by atoms with Crippen LogP contribution in [0.5, 0.6) is 0 Å². The van der Waals surface area contributed by atoms with Gasteiger partial charge in [0.05, 0.1) is 23.5 Å². The van der Waals surface area contributed by atoms with Crippen molar-refractivity contribution in [3.63, 3.8) is 0 Å². The lowest BCUT2D eigenvalue weighted by Crippen LogP contribution is -2.25. The summed E-state index contributed by atoms with van der Waals surface area (Å²) >= 11 is 0. The van der Waals surface area contributed by atoms with E-state index in [4.69, 9.17) is 10.2 Å². The molecule has 0 fully saturated rings. The SMILES string of the molecule is Cc1cc2c(cc1C(=O)O)NC(CO)N2. The van der Waals surface area contributed by atoms with Crippen LogP contribution in [-0.2, 0) is 0 Å². The number of anilines is 2. The molecule has 2 rings (SSSR count). The van der Waals surface area contributed by atoms with Gasteiger partial charge in [0.1, 0.15) is 6.17 Å². The van der Waals surface area contributed by atoms with Gasteiger partial charge in [-0.2, -0.15) is 0 Å². The zero-order valence-electron chi connectivity index (χ0n) is 8.24. The van der Waals surface area contributed by atoms with Crippen LogP contribution in [0.2, 0.25) is 0 Å². The molecule has 1 unspecified atom stereocenters. The number of carbonyl (C=O) groups is 1. The van der Waals surface area contributed by atoms with Crippen LogP contribution in [0, 0.1) is 6.92 Å². The smallest absolute Gasteiger partial charge is 0.336 e. The lowest BCUT2D eigenvalue weighted by Gasteiger charge is -2.06. The number of aliphatic hydroxyl groups excluding tert-OH is 1. The summed E-state index contributed by atoms with van der Waals surface area (Å²) < 4.78 is 0. The minimum absolute atomic E-state index is 0.0455. The van der Waals surface area contributed by atoms with E-state index in [1.807, 2.05) is 0 Å². The quantitative estimate of drug-likeness (QED) is 0.579. The Bertz CT molecular complexity index is 417. The largest absolute Gasteiger partial charge is 0.478 e. The number of aromatic carboxylic acids is 1. The first-order chi connectivity index (χ1) is 7.11. The second-order valence-electron chi connectivity index (χ2n) is 3.54. The Hall–Kier alpha value is -1.75. The maximum atomic E-state index is 10.9. The highest BCUT2D eigenvalue weighted by atomic mass is 16.4. The number of benzene rings is 1. The molecule has 0 radical (unpaired) electrons. The number of nitrogens with one attached hydrogen (secondary N) is 2. The molecule has 5 heteroatoms. The van der Waals surface area contributed by atoms with E-state index in [-0.39, 0.29) is 18.3 Å². The molecule has 0 saturated carbocycles. The van der Waals surface area contributed by atoms with Crippen LogP contribution in [0.1, 0.15) is 15.9 Å². The summed E-state index contributed by atoms with van der Waals surface area (Å²) in [7, 11) is 0. The third kappa shape index (κ3) is 1.61. The Kier molecular flexibility index (Phi) is 2.24. The molecular formula is C10H12N2O3. The van der Waals surface area contributed by atoms with Crippen LogP contribution in [0.15, 0.2) is 12.1 Å². The van der Waals surface area contributed by atoms with E-state index in [1.165, 1.54) is 0 Å². The summed E-state index contributed by atoms with van der Waals surface area (Å²) in [5.74, 6) is -0.940. The standard InChI is InChI=1S/C10H12N2O3/c1-5-2-7-8(3-6(5)10(14)15)12-9(4-13)11-7/h2-3,9,11-13H,4H2,1H3,(H,14,15). The molecule has 5 nitrogen and oxygen atoms in total. The molecule has 1 aliphatic rings. The van der Waals surface area contributed by atoms with Gasteiger partial charge in [-0.3, -0.25) is 0 Å². The van der Waals surface area contributed by atoms with E-state index >= 15 is 0 Å². The van der Waals surface area contributed by atoms with Crippen molar-refractivity contribution in [1.82, 2.24) is 0 Å². The van der Waals surface area contributed by atoms with Gasteiger partial charge in [0.15, 0.2) is 0 Å². The van der Waals surface area contributed by atoms with Gasteiger partial charge in [0, 0.05) is 0 Å². The molecule has 0 aromatic heterocycles. The van der Waals surface area contributed by atoms with Crippen molar-refractivity contribution in [2.45, 2.75) is 13.1 Å². The van der Waals surface area contributed by atoms with Crippen molar-refractivity contribution in [2.24, 2.45) is 0 Å². The maximum Gasteiger partial charge on any atom is 0.336 e. The van der Waals surface area contributed by atoms with Gasteiger partial charge in [-0.15, -0.1) is 0 Å². The Balaban J connectivity index is 2.41. The van der Waals surface area contributed by atoms with Crippen molar-refractivity contribution >= 4 is 17.3 Å². The highest BCUT2D eigenvalue weighted by Gasteiger charge is 2.21. The molecule has 1 aliphatic heterocycles. The Labute approximate surface area is 86.7 Å². The molecular weight excluding hydrogens is 196 g/mol. The molecule has 0 spiro atoms. The molecule has 1 heterocycles. The monoisotopic (exact) mass is 208 g/mol. The molecule has 1 aromatic carbocycles. The average molecular weight is 208 g/mol. The predicted molar refractivity (Wildman–Crippen MR) is 56.3 cm³/mol. The van der Waals surface area contributed by atoms with Crippen LogP contribution in [0.3, 0.4) is 0 Å². The first kappa shape index (κ1) is 9.79. The minimum atomic E-state index is -0.940. The van der Waals surface area contributed by atoms with E-state index in [0.717, 1.165) is 11.4 Å². The van der Waals surface area contributed by atoms with Gasteiger partial charge in [0.25, 0.3) is 0 Å². The van der Waals surface area contributed by atoms with Crippen LogP contribution in [0.25, 0.3) is 0 Å². The van der Waals surface area contributed by atoms with Gasteiger partial charge in [-0.05, 0) is 24.6 Å². The van der Waals surface area contributed by atoms with Gasteiger partial charge >= 0.3 is 5.97 Å². The van der Waals surface area contributed by atoms with Crippen LogP contribution in [0.4, 0.5) is 11.4 Å². The van der Waals surface area contributed by atoms with Crippen molar-refractivity contribution < 1.29 is 15.0 Å². The molecule has 0 amide bonds. The van der Waals surface area contributed by atoms with E-state index in [9.17, 15) is 4.79 Å². The number of aryl methyl sites for hydroxylation is 1. The van der Waals surface area contributed by atoms with Crippen molar-refractivity contribution in [3.8, 4) is 0 Å². The van der Waals surface area contributed by atoms with Crippen molar-refractivity contribution in [1.29, 1.82) is 0 Å². The lowest BCUT2D eigenvalue weighted by molar-refractivity contribution is 0.0696. The van der Waals surface area contributed by atoms with Crippen LogP contribution >= 0.6 is 0 Å². The minimum Gasteiger partial charge on any atom is -0.478 e. The Morgan fingerprint density at radius 3 is 2.53 bits per heavy atom. The first-order valence-electron chi connectivity index (χ1n) is 4.63. The van der Waals surface area contributed by atoms with Crippen LogP contribution < -0.4 is 10.6 Å². The fourth-order valence-corrected chi connectivity index (χ4v) is 1.68. The maximum absolute atomic E-state index is 10.9. The zero-order valence-corrected chi connectivity index (χ0v) is 8.24. The lowest BCUT2D eigenvalue weighted by atomic mass is 10.1. The second-order valence-corrected chi connectivity index (χ2v) is 3.54. The first-order valence-corrected chi connectivity index (χ1v) is 4.63. The van der Waals surface area contributed by atoms with Crippen molar-refractivity contribution in [3.05, 3.63) is 23.3 Å². The number of fused-ring (bicyclic) bond motifs is 1. The summed E-state index contributed by atoms with van der Waals surface area (Å²) in [6.07, 6.45) is -0.233. The Morgan fingerprint density at radius 2 is 2.00 bits per heavy atom. The fourth-order valence-electron chi connectivity index (χ4n) is 1.68. The van der Waals surface area contributed by atoms with E-state index in [0.29, 0.717) is 5.56 Å². The summed E-state index contributed by atoms with van der Waals surface area (Å²) in [5.41, 5.74) is 2.53. The number of hydrogen-bond donors (Lipinski definition) is 4. The average Bonchev–Trinajstić information content (AvgIpc) is 2.58. The molecule has 0 aliphatic carbocycles. The second kappa shape index (κ2) is 3.43. The van der Waals surface area contributed by atoms with Gasteiger partial charge in [-0.1, -0.05) is 0 Å². The summed E-state index contributed by atoms with van der Waals surface area (Å²) in [5, 5.41) is 23.9. The zero-order chi connectivity index (χ0) is 11.0. The molecule has 4 N–H and O–H groups in total. The van der Waals surface area contributed by atoms with Crippen LogP contribution in [-0.4, -0.2) is 29.0 Å². The normalized spacial score (nSPS) is 17.9. The van der Waals surface area contributed by atoms with E-state index < -0.39 is 5.97 Å². The highest BCUT2D eigenvalue weighted by molar-refractivity contribution is 5.93. The topological polar surface area (TPSA) is 81.6 Å². The summed E-state index contributed by atoms with van der Waals surface area (Å²) in [6, 6.07) is 3.34. The van der Waals surface area contributed by atoms with E-state index in [1.54, 1.807) is 19.1 Å². The van der Waals surface area contributed by atoms with Gasteiger partial charge in [0.2, 0.25) is 0 Å². The number of hydrogen-bond acceptors (Lipinski definition) is 4. The van der Waals surface area contributed by atoms with Gasteiger partial charge < -0.3 is 20.8 Å². The molecule has 0 bridgehead atoms. The number of rotatable bonds is 2. The van der Waals surface area contributed by atoms with Gasteiger partial charge in [-0.25, -0.2) is 4.79 Å². The number of aliphatic hydroxyl groups is 1. The molecule has 15 heavy (non-hydrogen) atoms. The Morgan fingerprint density at radius 1 is 1.40 bits per heavy atom. The molecule has 1 atom stereocenters. The molecule has 0 saturated heterocycles. The number of carboxylic acids is 1. The van der Waals surface area contributed by atoms with E-state index in [2.05, 4.69) is 10.6 Å². The van der Waals surface area contributed by atoms with Crippen molar-refractivity contribution in [2.75, 3.05) is 17.2 Å². The third-order valence-corrected chi connectivity index (χ3v) is 2.44. The predicted octanol–water partition coefficient (Wildman–Crippen LogP) is 0.849. The summed E-state index contributed by atoms with van der Waals surface area (Å²) in [6.45, 7) is 1.70. The summed E-state index contributed by atoms with van der Waals surface area (Å²) in [4.78, 5) is 10.9. The fraction of sp³-hybridized carbons (Fsp3) is 0.300. The molecule has 1 aromatic rings. The third-order valence-electron chi connectivity index (χ3n) is 2.44. The highest BCUT2D eigenvalue weighted by Crippen LogP contribution is 2.31. The number of carboxylic acid groups (broad SMARTS) is 1.